The Balaban J connectivity index is 1.30. The number of thioether (sulfide) groups is 1. The highest BCUT2D eigenvalue weighted by Crippen LogP contribution is 2.29. The number of aromatic nitrogens is 3. The van der Waals surface area contributed by atoms with Crippen molar-refractivity contribution in [3.05, 3.63) is 41.2 Å². The zero-order valence-corrected chi connectivity index (χ0v) is 16.8. The lowest BCUT2D eigenvalue weighted by Crippen LogP contribution is -2.40. The SMILES string of the molecule is CC(Sc1n[nH]c(CCC2CCCC2)n1)C(=O)N1CCc2ccccc2C1. The van der Waals surface area contributed by atoms with Crippen LogP contribution in [-0.2, 0) is 24.2 Å². The Hall–Kier alpha value is -1.82. The summed E-state index contributed by atoms with van der Waals surface area (Å²) >= 11 is 1.46. The summed E-state index contributed by atoms with van der Waals surface area (Å²) < 4.78 is 0. The van der Waals surface area contributed by atoms with Crippen LogP contribution in [0.3, 0.4) is 0 Å². The molecule has 2 aliphatic rings. The summed E-state index contributed by atoms with van der Waals surface area (Å²) in [6.07, 6.45) is 8.57. The monoisotopic (exact) mass is 384 g/mol. The molecule has 1 saturated carbocycles. The van der Waals surface area contributed by atoms with Crippen molar-refractivity contribution in [1.82, 2.24) is 20.1 Å². The van der Waals surface area contributed by atoms with Gasteiger partial charge in [-0.15, -0.1) is 5.10 Å². The maximum atomic E-state index is 12.9. The number of nitrogens with zero attached hydrogens (tertiary/aromatic N) is 3. The average molecular weight is 385 g/mol. The molecule has 5 nitrogen and oxygen atoms in total. The first-order valence-electron chi connectivity index (χ1n) is 10.1. The van der Waals surface area contributed by atoms with Gasteiger partial charge in [-0.2, -0.15) is 0 Å². The number of benzene rings is 1. The van der Waals surface area contributed by atoms with E-state index in [0.717, 1.165) is 31.1 Å². The predicted molar refractivity (Wildman–Crippen MR) is 108 cm³/mol. The van der Waals surface area contributed by atoms with Gasteiger partial charge < -0.3 is 4.90 Å². The molecule has 6 heteroatoms. The minimum atomic E-state index is -0.172. The lowest BCUT2D eigenvalue weighted by Gasteiger charge is -2.30. The van der Waals surface area contributed by atoms with Crippen molar-refractivity contribution in [2.75, 3.05) is 6.54 Å². The lowest BCUT2D eigenvalue weighted by atomic mass is 10.00. The first-order chi connectivity index (χ1) is 13.2. The molecule has 0 bridgehead atoms. The molecule has 1 aromatic carbocycles. The van der Waals surface area contributed by atoms with Crippen molar-refractivity contribution in [3.63, 3.8) is 0 Å². The first-order valence-corrected chi connectivity index (χ1v) is 11.0. The summed E-state index contributed by atoms with van der Waals surface area (Å²) in [7, 11) is 0. The molecule has 2 heterocycles. The minimum Gasteiger partial charge on any atom is -0.337 e. The largest absolute Gasteiger partial charge is 0.337 e. The van der Waals surface area contributed by atoms with E-state index in [-0.39, 0.29) is 11.2 Å². The van der Waals surface area contributed by atoms with Crippen LogP contribution in [-0.4, -0.2) is 37.8 Å². The first kappa shape index (κ1) is 18.5. The molecular weight excluding hydrogens is 356 g/mol. The van der Waals surface area contributed by atoms with Gasteiger partial charge in [0.25, 0.3) is 0 Å². The summed E-state index contributed by atoms with van der Waals surface area (Å²) in [6.45, 7) is 3.46. The Morgan fingerprint density at radius 2 is 2.07 bits per heavy atom. The fraction of sp³-hybridized carbons (Fsp3) is 0.571. The topological polar surface area (TPSA) is 61.9 Å². The van der Waals surface area contributed by atoms with Crippen LogP contribution in [0.25, 0.3) is 0 Å². The number of rotatable bonds is 6. The molecule has 1 fully saturated rings. The third-order valence-electron chi connectivity index (χ3n) is 5.85. The van der Waals surface area contributed by atoms with Crippen LogP contribution in [0.1, 0.15) is 56.0 Å². The van der Waals surface area contributed by atoms with E-state index in [2.05, 4.69) is 33.4 Å². The van der Waals surface area contributed by atoms with Gasteiger partial charge >= 0.3 is 0 Å². The number of nitrogens with one attached hydrogen (secondary N) is 1. The third kappa shape index (κ3) is 4.54. The zero-order valence-electron chi connectivity index (χ0n) is 16.0. The van der Waals surface area contributed by atoms with E-state index in [1.54, 1.807) is 0 Å². The van der Waals surface area contributed by atoms with Gasteiger partial charge in [-0.1, -0.05) is 61.7 Å². The van der Waals surface area contributed by atoms with Crippen molar-refractivity contribution in [2.45, 2.75) is 68.8 Å². The van der Waals surface area contributed by atoms with Crippen molar-refractivity contribution in [1.29, 1.82) is 0 Å². The van der Waals surface area contributed by atoms with E-state index >= 15 is 0 Å². The van der Waals surface area contributed by atoms with E-state index in [0.29, 0.717) is 11.7 Å². The highest BCUT2D eigenvalue weighted by Gasteiger charge is 2.26. The summed E-state index contributed by atoms with van der Waals surface area (Å²) in [5, 5.41) is 7.90. The Bertz CT molecular complexity index is 784. The Labute approximate surface area is 165 Å². The van der Waals surface area contributed by atoms with Crippen molar-refractivity contribution < 1.29 is 4.79 Å². The molecular formula is C21H28N4OS. The lowest BCUT2D eigenvalue weighted by molar-refractivity contribution is -0.131. The molecule has 1 aliphatic carbocycles. The smallest absolute Gasteiger partial charge is 0.236 e. The number of carbonyl (C=O) groups excluding carboxylic acids is 1. The maximum absolute atomic E-state index is 12.9. The molecule has 1 amide bonds. The van der Waals surface area contributed by atoms with Gasteiger partial charge in [0.05, 0.1) is 5.25 Å². The van der Waals surface area contributed by atoms with Gasteiger partial charge in [0.2, 0.25) is 11.1 Å². The van der Waals surface area contributed by atoms with Crippen LogP contribution in [0.2, 0.25) is 0 Å². The summed E-state index contributed by atoms with van der Waals surface area (Å²) in [4.78, 5) is 19.4. The summed E-state index contributed by atoms with van der Waals surface area (Å²) in [5.41, 5.74) is 2.63. The van der Waals surface area contributed by atoms with Gasteiger partial charge in [0.15, 0.2) is 0 Å². The molecule has 1 aromatic heterocycles. The van der Waals surface area contributed by atoms with Gasteiger partial charge in [0.1, 0.15) is 5.82 Å². The van der Waals surface area contributed by atoms with Crippen LogP contribution < -0.4 is 0 Å². The maximum Gasteiger partial charge on any atom is 0.236 e. The van der Waals surface area contributed by atoms with Gasteiger partial charge in [-0.3, -0.25) is 9.89 Å². The second-order valence-corrected chi connectivity index (χ2v) is 9.10. The Morgan fingerprint density at radius 1 is 1.30 bits per heavy atom. The molecule has 1 atom stereocenters. The number of hydrogen-bond acceptors (Lipinski definition) is 4. The van der Waals surface area contributed by atoms with Gasteiger partial charge in [-0.05, 0) is 36.8 Å². The average Bonchev–Trinajstić information content (AvgIpc) is 3.37. The minimum absolute atomic E-state index is 0.172. The van der Waals surface area contributed by atoms with Gasteiger partial charge in [0, 0.05) is 19.5 Å². The standard InChI is InChI=1S/C21H28N4OS/c1-15(20(26)25-13-12-17-8-4-5-9-18(17)14-25)27-21-22-19(23-24-21)11-10-16-6-2-3-7-16/h4-5,8-9,15-16H,2-3,6-7,10-14H2,1H3,(H,22,23,24). The van der Waals surface area contributed by atoms with Crippen LogP contribution in [0, 0.1) is 5.92 Å². The summed E-state index contributed by atoms with van der Waals surface area (Å²) in [6, 6.07) is 8.41. The van der Waals surface area contributed by atoms with Crippen LogP contribution in [0.15, 0.2) is 29.4 Å². The van der Waals surface area contributed by atoms with Crippen molar-refractivity contribution in [3.8, 4) is 0 Å². The van der Waals surface area contributed by atoms with E-state index in [9.17, 15) is 4.79 Å². The van der Waals surface area contributed by atoms with Crippen LogP contribution >= 0.6 is 11.8 Å². The molecule has 2 aromatic rings. The molecule has 0 saturated heterocycles. The predicted octanol–water partition coefficient (Wildman–Crippen LogP) is 3.99. The van der Waals surface area contributed by atoms with Gasteiger partial charge in [-0.25, -0.2) is 4.98 Å². The zero-order chi connectivity index (χ0) is 18.6. The molecule has 1 unspecified atom stereocenters. The number of aryl methyl sites for hydroxylation is 1. The number of fused-ring (bicyclic) bond motifs is 1. The second-order valence-electron chi connectivity index (χ2n) is 7.79. The van der Waals surface area contributed by atoms with Crippen molar-refractivity contribution in [2.24, 2.45) is 5.92 Å². The van der Waals surface area contributed by atoms with E-state index in [4.69, 9.17) is 0 Å². The highest BCUT2D eigenvalue weighted by molar-refractivity contribution is 8.00. The van der Waals surface area contributed by atoms with E-state index in [1.807, 2.05) is 17.9 Å². The van der Waals surface area contributed by atoms with Crippen LogP contribution in [0.5, 0.6) is 0 Å². The van der Waals surface area contributed by atoms with Crippen molar-refractivity contribution >= 4 is 17.7 Å². The molecule has 1 aliphatic heterocycles. The fourth-order valence-electron chi connectivity index (χ4n) is 4.23. The molecule has 0 radical (unpaired) electrons. The number of amides is 1. The van der Waals surface area contributed by atoms with E-state index in [1.165, 1.54) is 55.0 Å². The second kappa shape index (κ2) is 8.46. The normalized spacial score (nSPS) is 18.5. The molecule has 4 rings (SSSR count). The molecule has 1 N–H and O–H groups in total. The molecule has 27 heavy (non-hydrogen) atoms. The Morgan fingerprint density at radius 3 is 2.89 bits per heavy atom. The number of carbonyl (C=O) groups is 1. The third-order valence-corrected chi connectivity index (χ3v) is 6.80. The molecule has 0 spiro atoms. The van der Waals surface area contributed by atoms with Crippen LogP contribution in [0.4, 0.5) is 0 Å². The number of aromatic amines is 1. The quantitative estimate of drug-likeness (QED) is 0.765. The number of H-pyrrole nitrogens is 1. The Kier molecular flexibility index (Phi) is 5.81. The number of hydrogen-bond donors (Lipinski definition) is 1. The summed E-state index contributed by atoms with van der Waals surface area (Å²) in [5.74, 6) is 1.98. The highest BCUT2D eigenvalue weighted by atomic mass is 32.2. The molecule has 144 valence electrons. The van der Waals surface area contributed by atoms with E-state index < -0.39 is 0 Å². The fourth-order valence-corrected chi connectivity index (χ4v) is 5.06.